The molecule has 23 heavy (non-hydrogen) atoms. The molecule has 0 N–H and O–H groups in total. The van der Waals surface area contributed by atoms with Crippen LogP contribution in [0.3, 0.4) is 0 Å². The molecule has 4 nitrogen and oxygen atoms in total. The molecule has 1 aromatic heterocycles. The molecular formula is C18H20N2O2S. The van der Waals surface area contributed by atoms with Crippen LogP contribution in [0.4, 0.5) is 0 Å². The largest absolute Gasteiger partial charge is 0.333 e. The van der Waals surface area contributed by atoms with Gasteiger partial charge >= 0.3 is 0 Å². The standard InChI is InChI=1S/C18H20N2O2S/c1-13-7-8-19(17(21)9-13)11-18(22)20-10-15-5-3-4-6-16(15)23-12-14(20)2/h3-9,14H,10-12H2,1-2H3. The number of amides is 1. The quantitative estimate of drug-likeness (QED) is 0.851. The van der Waals surface area contributed by atoms with Gasteiger partial charge in [-0.3, -0.25) is 9.59 Å². The van der Waals surface area contributed by atoms with Crippen molar-refractivity contribution in [3.05, 3.63) is 64.1 Å². The van der Waals surface area contributed by atoms with E-state index < -0.39 is 0 Å². The Morgan fingerprint density at radius 3 is 2.87 bits per heavy atom. The van der Waals surface area contributed by atoms with E-state index in [4.69, 9.17) is 0 Å². The number of aryl methyl sites for hydroxylation is 1. The molecule has 1 atom stereocenters. The number of hydrogen-bond acceptors (Lipinski definition) is 3. The van der Waals surface area contributed by atoms with Gasteiger partial charge in [-0.2, -0.15) is 0 Å². The summed E-state index contributed by atoms with van der Waals surface area (Å²) in [6.45, 7) is 4.63. The Kier molecular flexibility index (Phi) is 4.57. The molecular weight excluding hydrogens is 308 g/mol. The van der Waals surface area contributed by atoms with Crippen LogP contribution >= 0.6 is 11.8 Å². The molecule has 1 amide bonds. The number of aromatic nitrogens is 1. The molecule has 1 unspecified atom stereocenters. The third-order valence-corrected chi connectivity index (χ3v) is 5.46. The molecule has 1 aliphatic heterocycles. The average Bonchev–Trinajstić information content (AvgIpc) is 2.70. The predicted octanol–water partition coefficient (Wildman–Crippen LogP) is 2.68. The zero-order valence-electron chi connectivity index (χ0n) is 13.4. The van der Waals surface area contributed by atoms with E-state index in [0.717, 1.165) is 11.3 Å². The third-order valence-electron chi connectivity index (χ3n) is 4.10. The number of carbonyl (C=O) groups is 1. The molecule has 0 radical (unpaired) electrons. The fraction of sp³-hybridized carbons (Fsp3) is 0.333. The number of nitrogens with zero attached hydrogens (tertiary/aromatic N) is 2. The van der Waals surface area contributed by atoms with Gasteiger partial charge < -0.3 is 9.47 Å². The van der Waals surface area contributed by atoms with Crippen LogP contribution in [0.1, 0.15) is 18.1 Å². The maximum atomic E-state index is 12.7. The zero-order valence-corrected chi connectivity index (χ0v) is 14.2. The molecule has 2 aromatic rings. The summed E-state index contributed by atoms with van der Waals surface area (Å²) in [5, 5.41) is 0. The Morgan fingerprint density at radius 1 is 1.30 bits per heavy atom. The van der Waals surface area contributed by atoms with Crippen LogP contribution in [-0.4, -0.2) is 27.2 Å². The maximum absolute atomic E-state index is 12.7. The summed E-state index contributed by atoms with van der Waals surface area (Å²) < 4.78 is 1.48. The van der Waals surface area contributed by atoms with Crippen molar-refractivity contribution in [2.24, 2.45) is 0 Å². The number of rotatable bonds is 2. The van der Waals surface area contributed by atoms with E-state index in [1.165, 1.54) is 15.0 Å². The molecule has 0 saturated carbocycles. The number of pyridine rings is 1. The Balaban J connectivity index is 1.82. The van der Waals surface area contributed by atoms with Gasteiger partial charge in [0.05, 0.1) is 0 Å². The van der Waals surface area contributed by atoms with E-state index in [-0.39, 0.29) is 24.1 Å². The van der Waals surface area contributed by atoms with E-state index in [1.807, 2.05) is 30.0 Å². The fourth-order valence-corrected chi connectivity index (χ4v) is 3.82. The van der Waals surface area contributed by atoms with Crippen LogP contribution < -0.4 is 5.56 Å². The summed E-state index contributed by atoms with van der Waals surface area (Å²) in [7, 11) is 0. The second kappa shape index (κ2) is 6.62. The molecule has 120 valence electrons. The van der Waals surface area contributed by atoms with Gasteiger partial charge in [0.25, 0.3) is 5.56 Å². The molecule has 0 spiro atoms. The van der Waals surface area contributed by atoms with Gasteiger partial charge in [-0.05, 0) is 37.1 Å². The minimum atomic E-state index is -0.129. The van der Waals surface area contributed by atoms with E-state index >= 15 is 0 Å². The van der Waals surface area contributed by atoms with Gasteiger partial charge in [0.2, 0.25) is 5.91 Å². The van der Waals surface area contributed by atoms with Crippen molar-refractivity contribution in [3.8, 4) is 0 Å². The second-order valence-electron chi connectivity index (χ2n) is 5.96. The fourth-order valence-electron chi connectivity index (χ4n) is 2.72. The van der Waals surface area contributed by atoms with Gasteiger partial charge in [0, 0.05) is 35.5 Å². The van der Waals surface area contributed by atoms with Crippen LogP contribution in [-0.2, 0) is 17.9 Å². The first kappa shape index (κ1) is 15.9. The van der Waals surface area contributed by atoms with Crippen molar-refractivity contribution < 1.29 is 4.79 Å². The predicted molar refractivity (Wildman–Crippen MR) is 92.6 cm³/mol. The van der Waals surface area contributed by atoms with Crippen LogP contribution in [0.15, 0.2) is 52.3 Å². The van der Waals surface area contributed by atoms with Crippen LogP contribution in [0.5, 0.6) is 0 Å². The van der Waals surface area contributed by atoms with Crippen molar-refractivity contribution in [2.45, 2.75) is 37.9 Å². The molecule has 0 saturated heterocycles. The van der Waals surface area contributed by atoms with E-state index in [1.54, 1.807) is 24.0 Å². The van der Waals surface area contributed by atoms with Crippen molar-refractivity contribution in [1.29, 1.82) is 0 Å². The van der Waals surface area contributed by atoms with Crippen molar-refractivity contribution >= 4 is 17.7 Å². The van der Waals surface area contributed by atoms with Gasteiger partial charge in [-0.25, -0.2) is 0 Å². The van der Waals surface area contributed by atoms with Crippen molar-refractivity contribution in [2.75, 3.05) is 5.75 Å². The third kappa shape index (κ3) is 3.50. The lowest BCUT2D eigenvalue weighted by molar-refractivity contribution is -0.134. The molecule has 0 fully saturated rings. The zero-order chi connectivity index (χ0) is 16.4. The molecule has 3 rings (SSSR count). The summed E-state index contributed by atoms with van der Waals surface area (Å²) in [6.07, 6.45) is 1.70. The lowest BCUT2D eigenvalue weighted by atomic mass is 10.2. The number of thioether (sulfide) groups is 1. The summed E-state index contributed by atoms with van der Waals surface area (Å²) in [4.78, 5) is 27.8. The van der Waals surface area contributed by atoms with Crippen molar-refractivity contribution in [3.63, 3.8) is 0 Å². The highest BCUT2D eigenvalue weighted by molar-refractivity contribution is 7.99. The SMILES string of the molecule is Cc1ccn(CC(=O)N2Cc3ccccc3SCC2C)c(=O)c1. The van der Waals surface area contributed by atoms with Crippen LogP contribution in [0.2, 0.25) is 0 Å². The number of carbonyl (C=O) groups excluding carboxylic acids is 1. The molecule has 2 heterocycles. The Bertz CT molecular complexity index is 785. The first-order chi connectivity index (χ1) is 11.0. The Labute approximate surface area is 140 Å². The monoisotopic (exact) mass is 328 g/mol. The highest BCUT2D eigenvalue weighted by Crippen LogP contribution is 2.29. The van der Waals surface area contributed by atoms with Gasteiger partial charge in [-0.15, -0.1) is 11.8 Å². The topological polar surface area (TPSA) is 42.3 Å². The van der Waals surface area contributed by atoms with Crippen LogP contribution in [0, 0.1) is 6.92 Å². The minimum Gasteiger partial charge on any atom is -0.333 e. The summed E-state index contributed by atoms with van der Waals surface area (Å²) in [6, 6.07) is 11.8. The smallest absolute Gasteiger partial charge is 0.251 e. The molecule has 1 aliphatic rings. The lowest BCUT2D eigenvalue weighted by Crippen LogP contribution is -2.41. The summed E-state index contributed by atoms with van der Waals surface area (Å²) >= 11 is 1.79. The Morgan fingerprint density at radius 2 is 2.09 bits per heavy atom. The molecule has 1 aromatic carbocycles. The summed E-state index contributed by atoms with van der Waals surface area (Å²) in [5.74, 6) is 0.853. The van der Waals surface area contributed by atoms with Gasteiger partial charge in [0.15, 0.2) is 0 Å². The first-order valence-corrected chi connectivity index (χ1v) is 8.70. The van der Waals surface area contributed by atoms with Crippen LogP contribution in [0.25, 0.3) is 0 Å². The van der Waals surface area contributed by atoms with Crippen molar-refractivity contribution in [1.82, 2.24) is 9.47 Å². The summed E-state index contributed by atoms with van der Waals surface area (Å²) in [5.41, 5.74) is 1.95. The highest BCUT2D eigenvalue weighted by Gasteiger charge is 2.25. The first-order valence-electron chi connectivity index (χ1n) is 7.72. The number of hydrogen-bond donors (Lipinski definition) is 0. The molecule has 5 heteroatoms. The van der Waals surface area contributed by atoms with E-state index in [9.17, 15) is 9.59 Å². The molecule has 0 aliphatic carbocycles. The average molecular weight is 328 g/mol. The second-order valence-corrected chi connectivity index (χ2v) is 7.02. The molecule has 0 bridgehead atoms. The van der Waals surface area contributed by atoms with E-state index in [2.05, 4.69) is 19.1 Å². The maximum Gasteiger partial charge on any atom is 0.251 e. The normalized spacial score (nSPS) is 17.5. The number of benzene rings is 1. The minimum absolute atomic E-state index is 0.0132. The van der Waals surface area contributed by atoms with E-state index in [0.29, 0.717) is 6.54 Å². The highest BCUT2D eigenvalue weighted by atomic mass is 32.2. The van der Waals surface area contributed by atoms with Gasteiger partial charge in [0.1, 0.15) is 6.54 Å². The Hall–Kier alpha value is -2.01. The number of fused-ring (bicyclic) bond motifs is 1. The lowest BCUT2D eigenvalue weighted by Gasteiger charge is -2.27. The van der Waals surface area contributed by atoms with Gasteiger partial charge in [-0.1, -0.05) is 18.2 Å².